The fourth-order valence-electron chi connectivity index (χ4n) is 4.03. The van der Waals surface area contributed by atoms with Gasteiger partial charge in [0, 0.05) is 56.2 Å². The molecule has 0 aliphatic carbocycles. The van der Waals surface area contributed by atoms with Crippen molar-refractivity contribution in [2.75, 3.05) is 38.1 Å². The minimum atomic E-state index is -0.101. The van der Waals surface area contributed by atoms with Gasteiger partial charge in [-0.3, -0.25) is 9.48 Å². The first-order chi connectivity index (χ1) is 14.9. The first-order valence-corrected chi connectivity index (χ1v) is 10.8. The van der Waals surface area contributed by atoms with Crippen molar-refractivity contribution in [3.05, 3.63) is 71.5 Å². The van der Waals surface area contributed by atoms with Crippen LogP contribution in [0.15, 0.2) is 54.9 Å². The van der Waals surface area contributed by atoms with E-state index in [0.29, 0.717) is 0 Å². The Morgan fingerprint density at radius 2 is 1.81 bits per heavy atom. The number of benzene rings is 2. The molecule has 0 unspecified atom stereocenters. The van der Waals surface area contributed by atoms with Crippen molar-refractivity contribution in [2.45, 2.75) is 19.9 Å². The Bertz CT molecular complexity index is 1070. The summed E-state index contributed by atoms with van der Waals surface area (Å²) in [6.07, 6.45) is 3.85. The number of anilines is 1. The molecule has 2 heterocycles. The van der Waals surface area contributed by atoms with Crippen molar-refractivity contribution in [2.24, 2.45) is 7.05 Å². The highest BCUT2D eigenvalue weighted by atomic mass is 16.1. The van der Waals surface area contributed by atoms with Crippen LogP contribution in [0.3, 0.4) is 0 Å². The molecule has 2 aromatic carbocycles. The number of carbonyl (C=O) groups excluding carboxylic acids is 1. The molecule has 0 saturated carbocycles. The fourth-order valence-corrected chi connectivity index (χ4v) is 4.03. The molecule has 4 rings (SSSR count). The van der Waals surface area contributed by atoms with Gasteiger partial charge in [-0.05, 0) is 55.8 Å². The molecule has 31 heavy (non-hydrogen) atoms. The Balaban J connectivity index is 1.50. The number of nitrogens with zero attached hydrogens (tertiary/aromatic N) is 4. The zero-order valence-electron chi connectivity index (χ0n) is 18.8. The molecule has 1 fully saturated rings. The molecule has 0 bridgehead atoms. The number of rotatable bonds is 5. The molecule has 1 atom stereocenters. The molecule has 1 saturated heterocycles. The van der Waals surface area contributed by atoms with Crippen molar-refractivity contribution >= 4 is 11.6 Å². The zero-order valence-corrected chi connectivity index (χ0v) is 18.8. The highest BCUT2D eigenvalue weighted by molar-refractivity contribution is 5.96. The van der Waals surface area contributed by atoms with Gasteiger partial charge in [0.05, 0.1) is 12.2 Å². The molecule has 1 aliphatic rings. The van der Waals surface area contributed by atoms with E-state index in [0.717, 1.165) is 59.7 Å². The lowest BCUT2D eigenvalue weighted by molar-refractivity contribution is 0.0939. The normalized spacial score (nSPS) is 15.7. The van der Waals surface area contributed by atoms with E-state index in [1.54, 1.807) is 4.68 Å². The summed E-state index contributed by atoms with van der Waals surface area (Å²) >= 11 is 0. The zero-order chi connectivity index (χ0) is 22.0. The van der Waals surface area contributed by atoms with Crippen molar-refractivity contribution in [3.8, 4) is 11.1 Å². The van der Waals surface area contributed by atoms with Crippen molar-refractivity contribution in [3.63, 3.8) is 0 Å². The molecular weight excluding hydrogens is 386 g/mol. The maximum atomic E-state index is 13.1. The third kappa shape index (κ3) is 4.80. The van der Waals surface area contributed by atoms with Gasteiger partial charge in [-0.15, -0.1) is 0 Å². The van der Waals surface area contributed by atoms with Crippen LogP contribution < -0.4 is 10.2 Å². The highest BCUT2D eigenvalue weighted by Gasteiger charge is 2.18. The number of likely N-dealkylation sites (N-methyl/N-ethyl adjacent to an activating group) is 1. The van der Waals surface area contributed by atoms with Crippen LogP contribution in [0, 0.1) is 6.92 Å². The van der Waals surface area contributed by atoms with Crippen molar-refractivity contribution < 1.29 is 4.79 Å². The smallest absolute Gasteiger partial charge is 0.252 e. The molecule has 1 aliphatic heterocycles. The van der Waals surface area contributed by atoms with Crippen LogP contribution in [-0.2, 0) is 7.05 Å². The second kappa shape index (κ2) is 8.94. The second-order valence-corrected chi connectivity index (χ2v) is 8.51. The molecule has 6 nitrogen and oxygen atoms in total. The second-order valence-electron chi connectivity index (χ2n) is 8.51. The van der Waals surface area contributed by atoms with Gasteiger partial charge in [0.2, 0.25) is 0 Å². The summed E-state index contributed by atoms with van der Waals surface area (Å²) in [6, 6.07) is 14.4. The number of carbonyl (C=O) groups is 1. The summed E-state index contributed by atoms with van der Waals surface area (Å²) in [4.78, 5) is 17.8. The number of hydrogen-bond donors (Lipinski definition) is 1. The highest BCUT2D eigenvalue weighted by Crippen LogP contribution is 2.24. The summed E-state index contributed by atoms with van der Waals surface area (Å²) in [5.74, 6) is -0.0345. The lowest BCUT2D eigenvalue weighted by Gasteiger charge is -2.34. The van der Waals surface area contributed by atoms with Gasteiger partial charge >= 0.3 is 0 Å². The first-order valence-electron chi connectivity index (χ1n) is 10.8. The third-order valence-electron chi connectivity index (χ3n) is 6.11. The molecule has 0 radical (unpaired) electrons. The van der Waals surface area contributed by atoms with Gasteiger partial charge in [-0.25, -0.2) is 0 Å². The Morgan fingerprint density at radius 1 is 1.03 bits per heavy atom. The first kappa shape index (κ1) is 21.1. The Labute approximate surface area is 184 Å². The van der Waals surface area contributed by atoms with E-state index in [1.165, 1.54) is 0 Å². The average Bonchev–Trinajstić information content (AvgIpc) is 3.21. The SMILES string of the molecule is Cc1ccc(N2CCN(C)CC2)cc1C(=O)N[C@H](C)c1cccc(-c2cnn(C)c2)c1. The summed E-state index contributed by atoms with van der Waals surface area (Å²) in [5, 5.41) is 7.44. The van der Waals surface area contributed by atoms with Crippen LogP contribution in [0.1, 0.15) is 34.5 Å². The van der Waals surface area contributed by atoms with E-state index in [2.05, 4.69) is 57.6 Å². The average molecular weight is 418 g/mol. The molecule has 1 amide bonds. The minimum absolute atomic E-state index is 0.0345. The van der Waals surface area contributed by atoms with E-state index in [-0.39, 0.29) is 11.9 Å². The topological polar surface area (TPSA) is 53.4 Å². The van der Waals surface area contributed by atoms with Gasteiger partial charge in [0.15, 0.2) is 0 Å². The predicted molar refractivity (Wildman–Crippen MR) is 125 cm³/mol. The molecule has 1 aromatic heterocycles. The molecular formula is C25H31N5O. The van der Waals surface area contributed by atoms with Crippen LogP contribution in [0.4, 0.5) is 5.69 Å². The number of aryl methyl sites for hydroxylation is 2. The van der Waals surface area contributed by atoms with E-state index in [9.17, 15) is 4.79 Å². The predicted octanol–water partition coefficient (Wildman–Crippen LogP) is 3.64. The standard InChI is InChI=1S/C25H31N5O/c1-18-8-9-23(30-12-10-28(3)11-13-30)15-24(18)25(31)27-19(2)20-6-5-7-21(14-20)22-16-26-29(4)17-22/h5-9,14-17,19H,10-13H2,1-4H3,(H,27,31)/t19-/m1/s1. The van der Waals surface area contributed by atoms with Gasteiger partial charge in [-0.2, -0.15) is 5.10 Å². The van der Waals surface area contributed by atoms with Crippen LogP contribution in [-0.4, -0.2) is 53.8 Å². The van der Waals surface area contributed by atoms with E-state index in [1.807, 2.05) is 45.4 Å². The van der Waals surface area contributed by atoms with Gasteiger partial charge in [0.1, 0.15) is 0 Å². The number of amides is 1. The summed E-state index contributed by atoms with van der Waals surface area (Å²) in [6.45, 7) is 8.08. The summed E-state index contributed by atoms with van der Waals surface area (Å²) < 4.78 is 1.79. The van der Waals surface area contributed by atoms with Crippen LogP contribution >= 0.6 is 0 Å². The minimum Gasteiger partial charge on any atom is -0.369 e. The number of piperazine rings is 1. The number of nitrogens with one attached hydrogen (secondary N) is 1. The van der Waals surface area contributed by atoms with E-state index < -0.39 is 0 Å². The monoisotopic (exact) mass is 417 g/mol. The maximum absolute atomic E-state index is 13.1. The summed E-state index contributed by atoms with van der Waals surface area (Å²) in [5.41, 5.74) is 6.09. The largest absolute Gasteiger partial charge is 0.369 e. The molecule has 0 spiro atoms. The van der Waals surface area contributed by atoms with Gasteiger partial charge in [0.25, 0.3) is 5.91 Å². The van der Waals surface area contributed by atoms with Gasteiger partial charge < -0.3 is 15.1 Å². The fraction of sp³-hybridized carbons (Fsp3) is 0.360. The van der Waals surface area contributed by atoms with E-state index in [4.69, 9.17) is 0 Å². The van der Waals surface area contributed by atoms with Crippen LogP contribution in [0.5, 0.6) is 0 Å². The Kier molecular flexibility index (Phi) is 6.09. The molecule has 3 aromatic rings. The van der Waals surface area contributed by atoms with Crippen molar-refractivity contribution in [1.82, 2.24) is 20.0 Å². The van der Waals surface area contributed by atoms with Crippen molar-refractivity contribution in [1.29, 1.82) is 0 Å². The number of aromatic nitrogens is 2. The van der Waals surface area contributed by atoms with Crippen LogP contribution in [0.25, 0.3) is 11.1 Å². The molecule has 162 valence electrons. The van der Waals surface area contributed by atoms with Gasteiger partial charge in [-0.1, -0.05) is 24.3 Å². The third-order valence-corrected chi connectivity index (χ3v) is 6.11. The van der Waals surface area contributed by atoms with Crippen LogP contribution in [0.2, 0.25) is 0 Å². The lowest BCUT2D eigenvalue weighted by Crippen LogP contribution is -2.44. The quantitative estimate of drug-likeness (QED) is 0.689. The Hall–Kier alpha value is -3.12. The maximum Gasteiger partial charge on any atom is 0.252 e. The molecule has 6 heteroatoms. The summed E-state index contributed by atoms with van der Waals surface area (Å²) in [7, 11) is 4.06. The molecule has 1 N–H and O–H groups in total. The number of hydrogen-bond acceptors (Lipinski definition) is 4. The lowest BCUT2D eigenvalue weighted by atomic mass is 10.0. The van der Waals surface area contributed by atoms with E-state index >= 15 is 0 Å². The Morgan fingerprint density at radius 3 is 2.52 bits per heavy atom.